The van der Waals surface area contributed by atoms with Gasteiger partial charge in [0.1, 0.15) is 11.2 Å². The summed E-state index contributed by atoms with van der Waals surface area (Å²) in [4.78, 5) is 2.35. The summed E-state index contributed by atoms with van der Waals surface area (Å²) in [5, 5.41) is 9.43. The molecule has 0 amide bonds. The van der Waals surface area contributed by atoms with E-state index in [9.17, 15) is 0 Å². The molecule has 0 saturated heterocycles. The minimum atomic E-state index is 0.885. The Labute approximate surface area is 395 Å². The van der Waals surface area contributed by atoms with Crippen LogP contribution < -0.4 is 4.90 Å². The lowest BCUT2D eigenvalue weighted by molar-refractivity contribution is 0.673. The third kappa shape index (κ3) is 6.73. The Morgan fingerprint density at radius 2 is 0.618 bits per heavy atom. The van der Waals surface area contributed by atoms with Gasteiger partial charge in [0.2, 0.25) is 0 Å². The maximum absolute atomic E-state index is 7.05. The normalized spacial score (nSPS) is 11.5. The van der Waals surface area contributed by atoms with Crippen LogP contribution in [-0.4, -0.2) is 0 Å². The van der Waals surface area contributed by atoms with Gasteiger partial charge in [0, 0.05) is 33.2 Å². The molecule has 68 heavy (non-hydrogen) atoms. The van der Waals surface area contributed by atoms with Crippen molar-refractivity contribution in [2.75, 3.05) is 4.90 Å². The highest BCUT2D eigenvalue weighted by Crippen LogP contribution is 2.48. The van der Waals surface area contributed by atoms with Crippen LogP contribution in [0.5, 0.6) is 0 Å². The van der Waals surface area contributed by atoms with Crippen LogP contribution in [0.15, 0.2) is 265 Å². The highest BCUT2D eigenvalue weighted by atomic mass is 16.3. The SMILES string of the molecule is c1ccc(-c2ccc(N(c3ccc(-c4ccccc4)cc3)c3ccc(-c4ccc(-c5cc(-c6ccccc6)cc6oc7c8ccccc8c8ccccc8c7c56)c5ccccc45)cc3)cc2)cc1. The van der Waals surface area contributed by atoms with Crippen molar-refractivity contribution in [3.63, 3.8) is 0 Å². The number of hydrogen-bond acceptors (Lipinski definition) is 2. The highest BCUT2D eigenvalue weighted by molar-refractivity contribution is 6.33. The zero-order valence-corrected chi connectivity index (χ0v) is 37.2. The van der Waals surface area contributed by atoms with E-state index in [-0.39, 0.29) is 0 Å². The second kappa shape index (κ2) is 16.5. The van der Waals surface area contributed by atoms with Crippen LogP contribution in [0.1, 0.15) is 0 Å². The highest BCUT2D eigenvalue weighted by Gasteiger charge is 2.22. The number of nitrogens with zero attached hydrogens (tertiary/aromatic N) is 1. The van der Waals surface area contributed by atoms with Crippen LogP contribution in [0.3, 0.4) is 0 Å². The van der Waals surface area contributed by atoms with Gasteiger partial charge in [0.25, 0.3) is 0 Å². The Balaban J connectivity index is 0.953. The van der Waals surface area contributed by atoms with Crippen molar-refractivity contribution in [2.24, 2.45) is 0 Å². The fourth-order valence-electron chi connectivity index (χ4n) is 10.4. The molecule has 2 nitrogen and oxygen atoms in total. The van der Waals surface area contributed by atoms with E-state index in [1.165, 1.54) is 60.3 Å². The average molecular weight is 866 g/mol. The summed E-state index contributed by atoms with van der Waals surface area (Å²) in [6.07, 6.45) is 0. The maximum atomic E-state index is 7.05. The predicted octanol–water partition coefficient (Wildman–Crippen LogP) is 18.9. The summed E-state index contributed by atoms with van der Waals surface area (Å²) in [6, 6.07) is 94.2. The Hall–Kier alpha value is -8.98. The van der Waals surface area contributed by atoms with Gasteiger partial charge in [0.05, 0.1) is 0 Å². The molecule has 12 aromatic carbocycles. The van der Waals surface area contributed by atoms with Gasteiger partial charge in [0.15, 0.2) is 0 Å². The molecule has 2 heteroatoms. The molecule has 0 atom stereocenters. The van der Waals surface area contributed by atoms with E-state index in [1.54, 1.807) is 0 Å². The largest absolute Gasteiger partial charge is 0.455 e. The number of benzene rings is 12. The molecule has 0 bridgehead atoms. The number of hydrogen-bond donors (Lipinski definition) is 0. The molecule has 13 rings (SSSR count). The standard InChI is InChI=1S/C66H43NO/c1-4-16-44(17-5-1)47-28-34-51(35-29-47)67(52-36-30-48(31-37-52)45-18-6-2-7-19-45)53-38-32-49(33-39-53)54-40-41-59(56-23-11-10-22-55(54)56)62-42-50(46-20-8-3-9-21-46)43-63-64(62)65-60-26-14-12-24-57(60)58-25-13-15-27-61(58)66(65)68-63/h1-43H. The van der Waals surface area contributed by atoms with Crippen molar-refractivity contribution in [3.8, 4) is 55.6 Å². The molecule has 0 radical (unpaired) electrons. The van der Waals surface area contributed by atoms with E-state index in [4.69, 9.17) is 4.42 Å². The van der Waals surface area contributed by atoms with Gasteiger partial charge in [-0.3, -0.25) is 0 Å². The smallest absolute Gasteiger partial charge is 0.143 e. The maximum Gasteiger partial charge on any atom is 0.143 e. The molecule has 0 aliphatic carbocycles. The molecule has 0 aliphatic heterocycles. The molecule has 318 valence electrons. The van der Waals surface area contributed by atoms with E-state index in [1.807, 2.05) is 0 Å². The lowest BCUT2D eigenvalue weighted by atomic mass is 9.88. The first kappa shape index (κ1) is 39.4. The molecule has 0 N–H and O–H groups in total. The molecular weight excluding hydrogens is 823 g/mol. The van der Waals surface area contributed by atoms with Crippen LogP contribution in [-0.2, 0) is 0 Å². The van der Waals surface area contributed by atoms with E-state index in [0.29, 0.717) is 0 Å². The summed E-state index contributed by atoms with van der Waals surface area (Å²) in [7, 11) is 0. The first-order chi connectivity index (χ1) is 33.7. The van der Waals surface area contributed by atoms with Gasteiger partial charge in [-0.15, -0.1) is 0 Å². The van der Waals surface area contributed by atoms with Crippen LogP contribution in [0.2, 0.25) is 0 Å². The second-order valence-corrected chi connectivity index (χ2v) is 17.6. The van der Waals surface area contributed by atoms with Gasteiger partial charge < -0.3 is 9.32 Å². The van der Waals surface area contributed by atoms with Crippen molar-refractivity contribution >= 4 is 71.3 Å². The zero-order valence-electron chi connectivity index (χ0n) is 37.2. The predicted molar refractivity (Wildman–Crippen MR) is 288 cm³/mol. The summed E-state index contributed by atoms with van der Waals surface area (Å²) in [5.41, 5.74) is 16.8. The van der Waals surface area contributed by atoms with Gasteiger partial charge in [-0.2, -0.15) is 0 Å². The van der Waals surface area contributed by atoms with Crippen molar-refractivity contribution in [1.29, 1.82) is 0 Å². The minimum absolute atomic E-state index is 0.885. The Morgan fingerprint density at radius 3 is 1.15 bits per heavy atom. The monoisotopic (exact) mass is 865 g/mol. The van der Waals surface area contributed by atoms with Gasteiger partial charge in [-0.1, -0.05) is 212 Å². The molecular formula is C66H43NO. The van der Waals surface area contributed by atoms with Crippen LogP contribution in [0, 0.1) is 0 Å². The first-order valence-corrected chi connectivity index (χ1v) is 23.3. The number of rotatable bonds is 8. The molecule has 0 saturated carbocycles. The molecule has 0 aliphatic rings. The summed E-state index contributed by atoms with van der Waals surface area (Å²) in [5.74, 6) is 0. The average Bonchev–Trinajstić information content (AvgIpc) is 3.82. The van der Waals surface area contributed by atoms with E-state index in [0.717, 1.165) is 66.6 Å². The lowest BCUT2D eigenvalue weighted by Gasteiger charge is -2.26. The Morgan fingerprint density at radius 1 is 0.235 bits per heavy atom. The fourth-order valence-corrected chi connectivity index (χ4v) is 10.4. The molecule has 1 heterocycles. The van der Waals surface area contributed by atoms with Crippen molar-refractivity contribution < 1.29 is 4.42 Å². The topological polar surface area (TPSA) is 16.4 Å². The molecule has 13 aromatic rings. The van der Waals surface area contributed by atoms with Crippen LogP contribution in [0.4, 0.5) is 17.1 Å². The lowest BCUT2D eigenvalue weighted by Crippen LogP contribution is -2.09. The van der Waals surface area contributed by atoms with E-state index < -0.39 is 0 Å². The van der Waals surface area contributed by atoms with Gasteiger partial charge in [-0.25, -0.2) is 0 Å². The quantitative estimate of drug-likeness (QED) is 0.142. The van der Waals surface area contributed by atoms with Gasteiger partial charge >= 0.3 is 0 Å². The van der Waals surface area contributed by atoms with E-state index >= 15 is 0 Å². The van der Waals surface area contributed by atoms with Crippen molar-refractivity contribution in [3.05, 3.63) is 261 Å². The third-order valence-electron chi connectivity index (χ3n) is 13.7. The number of anilines is 3. The fraction of sp³-hybridized carbons (Fsp3) is 0. The first-order valence-electron chi connectivity index (χ1n) is 23.3. The zero-order chi connectivity index (χ0) is 45.0. The van der Waals surface area contributed by atoms with Crippen LogP contribution in [0.25, 0.3) is 110 Å². The van der Waals surface area contributed by atoms with E-state index in [2.05, 4.69) is 266 Å². The van der Waals surface area contributed by atoms with Crippen molar-refractivity contribution in [1.82, 2.24) is 0 Å². The summed E-state index contributed by atoms with van der Waals surface area (Å²) < 4.78 is 7.05. The molecule has 0 fully saturated rings. The molecule has 1 aromatic heterocycles. The molecule has 0 spiro atoms. The Bertz CT molecular complexity index is 3890. The molecule has 0 unspecified atom stereocenters. The van der Waals surface area contributed by atoms with Gasteiger partial charge in [-0.05, 0) is 131 Å². The number of fused-ring (bicyclic) bond motifs is 9. The second-order valence-electron chi connectivity index (χ2n) is 17.6. The van der Waals surface area contributed by atoms with Crippen LogP contribution >= 0.6 is 0 Å². The summed E-state index contributed by atoms with van der Waals surface area (Å²) >= 11 is 0. The Kier molecular flexibility index (Phi) is 9.54. The number of furan rings is 1. The summed E-state index contributed by atoms with van der Waals surface area (Å²) in [6.45, 7) is 0. The minimum Gasteiger partial charge on any atom is -0.455 e. The van der Waals surface area contributed by atoms with Crippen molar-refractivity contribution in [2.45, 2.75) is 0 Å². The third-order valence-corrected chi connectivity index (χ3v) is 13.7.